The van der Waals surface area contributed by atoms with Gasteiger partial charge in [0, 0.05) is 6.54 Å². The molecule has 0 fully saturated rings. The van der Waals surface area contributed by atoms with Crippen molar-refractivity contribution >= 4 is 12.1 Å². The Kier molecular flexibility index (Phi) is 7.06. The molecule has 0 aliphatic heterocycles. The van der Waals surface area contributed by atoms with Crippen molar-refractivity contribution in [2.75, 3.05) is 6.54 Å². The van der Waals surface area contributed by atoms with Gasteiger partial charge < -0.3 is 20.9 Å². The van der Waals surface area contributed by atoms with Gasteiger partial charge in [-0.3, -0.25) is 0 Å². The van der Waals surface area contributed by atoms with Gasteiger partial charge in [0.1, 0.15) is 17.5 Å². The van der Waals surface area contributed by atoms with Crippen molar-refractivity contribution in [1.29, 1.82) is 0 Å². The van der Waals surface area contributed by atoms with Crippen LogP contribution in [0.4, 0.5) is 9.18 Å². The summed E-state index contributed by atoms with van der Waals surface area (Å²) in [6, 6.07) is -1.13. The lowest BCUT2D eigenvalue weighted by molar-refractivity contribution is -0.139. The van der Waals surface area contributed by atoms with Crippen LogP contribution in [0.3, 0.4) is 0 Å². The number of nitrogens with one attached hydrogen (secondary N) is 1. The van der Waals surface area contributed by atoms with Gasteiger partial charge >= 0.3 is 12.1 Å². The van der Waals surface area contributed by atoms with Gasteiger partial charge in [0.05, 0.1) is 0 Å². The number of carboxylic acids is 1. The third-order valence-electron chi connectivity index (χ3n) is 2.01. The van der Waals surface area contributed by atoms with Crippen molar-refractivity contribution in [3.05, 3.63) is 11.9 Å². The molecule has 0 aliphatic carbocycles. The van der Waals surface area contributed by atoms with Crippen LogP contribution in [0.2, 0.25) is 0 Å². The molecule has 0 aromatic carbocycles. The third-order valence-corrected chi connectivity index (χ3v) is 2.01. The minimum Gasteiger partial charge on any atom is -0.480 e. The Labute approximate surface area is 111 Å². The number of halogens is 1. The van der Waals surface area contributed by atoms with E-state index in [1.165, 1.54) is 6.08 Å². The Bertz CT molecular complexity index is 350. The van der Waals surface area contributed by atoms with Crippen molar-refractivity contribution in [1.82, 2.24) is 5.32 Å². The zero-order valence-corrected chi connectivity index (χ0v) is 11.4. The molecule has 0 saturated heterocycles. The number of aliphatic carboxylic acids is 1. The minimum atomic E-state index is -1.20. The average Bonchev–Trinajstić information content (AvgIpc) is 2.24. The van der Waals surface area contributed by atoms with E-state index in [9.17, 15) is 14.0 Å². The summed E-state index contributed by atoms with van der Waals surface area (Å²) in [6.07, 6.45) is 0.605. The van der Waals surface area contributed by atoms with Crippen LogP contribution in [0.25, 0.3) is 0 Å². The van der Waals surface area contributed by atoms with E-state index in [1.807, 2.05) is 0 Å². The van der Waals surface area contributed by atoms with Crippen molar-refractivity contribution < 1.29 is 23.8 Å². The summed E-state index contributed by atoms with van der Waals surface area (Å²) in [5.41, 5.74) is 4.34. The molecule has 0 rings (SSSR count). The number of nitrogens with two attached hydrogens (primary N) is 1. The Morgan fingerprint density at radius 1 is 1.47 bits per heavy atom. The van der Waals surface area contributed by atoms with Crippen LogP contribution in [-0.2, 0) is 9.53 Å². The van der Waals surface area contributed by atoms with E-state index in [0.29, 0.717) is 0 Å². The Morgan fingerprint density at radius 2 is 2.05 bits per heavy atom. The molecule has 110 valence electrons. The molecule has 0 spiro atoms. The lowest BCUT2D eigenvalue weighted by Crippen LogP contribution is -2.43. The number of ether oxygens (including phenoxy) is 1. The third kappa shape index (κ3) is 9.01. The van der Waals surface area contributed by atoms with Crippen molar-refractivity contribution in [3.63, 3.8) is 0 Å². The highest BCUT2D eigenvalue weighted by Gasteiger charge is 2.23. The van der Waals surface area contributed by atoms with Crippen molar-refractivity contribution in [2.45, 2.75) is 45.3 Å². The summed E-state index contributed by atoms with van der Waals surface area (Å²) in [6.45, 7) is 4.78. The van der Waals surface area contributed by atoms with Gasteiger partial charge in [-0.1, -0.05) is 6.08 Å². The highest BCUT2D eigenvalue weighted by Crippen LogP contribution is 2.08. The van der Waals surface area contributed by atoms with Crippen LogP contribution < -0.4 is 11.1 Å². The molecule has 1 amide bonds. The van der Waals surface area contributed by atoms with Gasteiger partial charge in [0.15, 0.2) is 0 Å². The first-order valence-electron chi connectivity index (χ1n) is 5.92. The van der Waals surface area contributed by atoms with Crippen LogP contribution in [0, 0.1) is 0 Å². The molecule has 0 bridgehead atoms. The second-order valence-electron chi connectivity index (χ2n) is 4.97. The number of hydrogen-bond acceptors (Lipinski definition) is 4. The van der Waals surface area contributed by atoms with Crippen LogP contribution in [-0.4, -0.2) is 35.4 Å². The second kappa shape index (κ2) is 7.73. The van der Waals surface area contributed by atoms with E-state index >= 15 is 0 Å². The molecule has 0 unspecified atom stereocenters. The van der Waals surface area contributed by atoms with Gasteiger partial charge in [0.25, 0.3) is 0 Å². The molecule has 0 heterocycles. The fraction of sp³-hybridized carbons (Fsp3) is 0.667. The fourth-order valence-corrected chi connectivity index (χ4v) is 1.20. The molecule has 0 aromatic heterocycles. The van der Waals surface area contributed by atoms with Gasteiger partial charge in [-0.25, -0.2) is 14.0 Å². The summed E-state index contributed by atoms with van der Waals surface area (Å²) in [7, 11) is 0. The van der Waals surface area contributed by atoms with Crippen LogP contribution in [0.5, 0.6) is 0 Å². The Morgan fingerprint density at radius 3 is 2.47 bits per heavy atom. The summed E-state index contributed by atoms with van der Waals surface area (Å²) < 4.78 is 17.7. The van der Waals surface area contributed by atoms with E-state index in [0.717, 1.165) is 0 Å². The van der Waals surface area contributed by atoms with E-state index < -0.39 is 29.5 Å². The van der Waals surface area contributed by atoms with E-state index in [2.05, 4.69) is 5.32 Å². The number of carboxylic acid groups (broad SMARTS) is 1. The molecular weight excluding hydrogens is 255 g/mol. The van der Waals surface area contributed by atoms with Crippen molar-refractivity contribution in [3.8, 4) is 0 Å². The Hall–Kier alpha value is -1.63. The topological polar surface area (TPSA) is 102 Å². The summed E-state index contributed by atoms with van der Waals surface area (Å²) in [5, 5.41) is 11.2. The number of carbonyl (C=O) groups excluding carboxylic acids is 1. The summed E-state index contributed by atoms with van der Waals surface area (Å²) in [4.78, 5) is 22.4. The molecule has 6 nitrogen and oxygen atoms in total. The van der Waals surface area contributed by atoms with Crippen LogP contribution >= 0.6 is 0 Å². The maximum absolute atomic E-state index is 12.7. The predicted octanol–water partition coefficient (Wildman–Crippen LogP) is 1.56. The highest BCUT2D eigenvalue weighted by molar-refractivity contribution is 5.79. The van der Waals surface area contributed by atoms with Gasteiger partial charge in [0.2, 0.25) is 0 Å². The van der Waals surface area contributed by atoms with Crippen LogP contribution in [0.1, 0.15) is 33.6 Å². The zero-order chi connectivity index (χ0) is 15.1. The average molecular weight is 276 g/mol. The highest BCUT2D eigenvalue weighted by atomic mass is 19.1. The number of alkyl carbamates (subject to hydrolysis) is 1. The smallest absolute Gasteiger partial charge is 0.408 e. The largest absolute Gasteiger partial charge is 0.480 e. The van der Waals surface area contributed by atoms with E-state index in [1.54, 1.807) is 20.8 Å². The SMILES string of the molecule is CC(C)(C)OC(=O)N[C@@H](CC/C=C(\F)CN)C(=O)O. The van der Waals surface area contributed by atoms with Crippen LogP contribution in [0.15, 0.2) is 11.9 Å². The predicted molar refractivity (Wildman–Crippen MR) is 68.3 cm³/mol. The van der Waals surface area contributed by atoms with E-state index in [4.69, 9.17) is 15.6 Å². The molecular formula is C12H21FN2O4. The number of amides is 1. The minimum absolute atomic E-state index is 0.0575. The normalized spacial score (nSPS) is 13.8. The lowest BCUT2D eigenvalue weighted by Gasteiger charge is -2.21. The number of allylic oxidation sites excluding steroid dienone is 1. The number of carbonyl (C=O) groups is 2. The van der Waals surface area contributed by atoms with Gasteiger partial charge in [-0.2, -0.15) is 0 Å². The lowest BCUT2D eigenvalue weighted by atomic mass is 10.1. The van der Waals surface area contributed by atoms with Crippen molar-refractivity contribution in [2.24, 2.45) is 5.73 Å². The first-order valence-corrected chi connectivity index (χ1v) is 5.92. The maximum atomic E-state index is 12.7. The molecule has 0 aromatic rings. The van der Waals surface area contributed by atoms with Gasteiger partial charge in [-0.15, -0.1) is 0 Å². The molecule has 1 atom stereocenters. The summed E-state index contributed by atoms with van der Waals surface area (Å²) in [5.74, 6) is -1.71. The molecule has 0 aliphatic rings. The maximum Gasteiger partial charge on any atom is 0.408 e. The molecule has 0 saturated carbocycles. The quantitative estimate of drug-likeness (QED) is 0.683. The molecule has 0 radical (unpaired) electrons. The number of rotatable bonds is 6. The fourth-order valence-electron chi connectivity index (χ4n) is 1.20. The Balaban J connectivity index is 4.35. The first-order chi connectivity index (χ1) is 8.65. The monoisotopic (exact) mass is 276 g/mol. The first kappa shape index (κ1) is 17.4. The molecule has 19 heavy (non-hydrogen) atoms. The van der Waals surface area contributed by atoms with E-state index in [-0.39, 0.29) is 19.4 Å². The molecule has 7 heteroatoms. The summed E-state index contributed by atoms with van der Waals surface area (Å²) >= 11 is 0. The van der Waals surface area contributed by atoms with Gasteiger partial charge in [-0.05, 0) is 33.6 Å². The second-order valence-corrected chi connectivity index (χ2v) is 4.97. The zero-order valence-electron chi connectivity index (χ0n) is 11.4. The standard InChI is InChI=1S/C12H21FN2O4/c1-12(2,3)19-11(18)15-9(10(16)17)6-4-5-8(13)7-14/h5,9H,4,6-7,14H2,1-3H3,(H,15,18)(H,16,17)/b8-5-/t9-/m0/s1. The molecule has 4 N–H and O–H groups in total. The number of hydrogen-bond donors (Lipinski definition) is 3.